The number of benzene rings is 2. The number of nitrogens with two attached hydrogens (primary N) is 1. The molecule has 110 valence electrons. The van der Waals surface area contributed by atoms with Crippen molar-refractivity contribution in [1.82, 2.24) is 4.90 Å². The minimum Gasteiger partial charge on any atom is -0.398 e. The van der Waals surface area contributed by atoms with Crippen molar-refractivity contribution in [2.45, 2.75) is 19.9 Å². The lowest BCUT2D eigenvalue weighted by Gasteiger charge is -2.22. The minimum atomic E-state index is 0.110. The highest BCUT2D eigenvalue weighted by Crippen LogP contribution is 2.16. The van der Waals surface area contributed by atoms with E-state index in [2.05, 4.69) is 15.9 Å². The van der Waals surface area contributed by atoms with Crippen LogP contribution in [0.25, 0.3) is 0 Å². The molecule has 0 aliphatic heterocycles. The first kappa shape index (κ1) is 15.6. The fraction of sp³-hybridized carbons (Fsp3) is 0.235. The van der Waals surface area contributed by atoms with Crippen LogP contribution in [0.2, 0.25) is 0 Å². The molecule has 0 aliphatic carbocycles. The smallest absolute Gasteiger partial charge is 0.227 e. The van der Waals surface area contributed by atoms with Gasteiger partial charge >= 0.3 is 0 Å². The Morgan fingerprint density at radius 2 is 1.95 bits per heavy atom. The van der Waals surface area contributed by atoms with Crippen LogP contribution in [-0.4, -0.2) is 17.4 Å². The predicted octanol–water partition coefficient (Wildman–Crippen LogP) is 3.62. The number of carbonyl (C=O) groups is 1. The third-order valence-electron chi connectivity index (χ3n) is 3.40. The van der Waals surface area contributed by atoms with Gasteiger partial charge in [-0.05, 0) is 36.2 Å². The summed E-state index contributed by atoms with van der Waals surface area (Å²) in [6.45, 7) is 3.20. The standard InChI is InChI=1S/C17H19BrN2O/c1-2-20(12-14-7-3-4-9-16(14)19)17(21)11-13-6-5-8-15(18)10-13/h3-10H,2,11-12,19H2,1H3. The number of carbonyl (C=O) groups excluding carboxylic acids is 1. The molecule has 0 aromatic heterocycles. The molecular formula is C17H19BrN2O. The second kappa shape index (κ2) is 7.27. The summed E-state index contributed by atoms with van der Waals surface area (Å²) < 4.78 is 0.989. The van der Waals surface area contributed by atoms with Crippen LogP contribution >= 0.6 is 15.9 Å². The van der Waals surface area contributed by atoms with E-state index >= 15 is 0 Å². The van der Waals surface area contributed by atoms with Gasteiger partial charge in [0.05, 0.1) is 6.42 Å². The summed E-state index contributed by atoms with van der Waals surface area (Å²) in [5, 5.41) is 0. The number of nitrogens with zero attached hydrogens (tertiary/aromatic N) is 1. The fourth-order valence-corrected chi connectivity index (χ4v) is 2.64. The van der Waals surface area contributed by atoms with Crippen LogP contribution in [0.1, 0.15) is 18.1 Å². The van der Waals surface area contributed by atoms with Crippen molar-refractivity contribution < 1.29 is 4.79 Å². The molecule has 0 unspecified atom stereocenters. The van der Waals surface area contributed by atoms with E-state index in [1.807, 2.05) is 60.4 Å². The number of anilines is 1. The molecule has 4 heteroatoms. The Kier molecular flexibility index (Phi) is 5.39. The van der Waals surface area contributed by atoms with Gasteiger partial charge in [-0.2, -0.15) is 0 Å². The summed E-state index contributed by atoms with van der Waals surface area (Å²) in [4.78, 5) is 14.3. The second-order valence-corrected chi connectivity index (χ2v) is 5.83. The van der Waals surface area contributed by atoms with E-state index in [-0.39, 0.29) is 5.91 Å². The topological polar surface area (TPSA) is 46.3 Å². The Hall–Kier alpha value is -1.81. The van der Waals surface area contributed by atoms with Crippen molar-refractivity contribution in [3.63, 3.8) is 0 Å². The van der Waals surface area contributed by atoms with E-state index in [1.54, 1.807) is 0 Å². The van der Waals surface area contributed by atoms with Crippen LogP contribution < -0.4 is 5.73 Å². The zero-order chi connectivity index (χ0) is 15.2. The average molecular weight is 347 g/mol. The molecular weight excluding hydrogens is 328 g/mol. The Morgan fingerprint density at radius 1 is 1.19 bits per heavy atom. The molecule has 0 heterocycles. The number of halogens is 1. The first-order valence-corrected chi connectivity index (χ1v) is 7.75. The van der Waals surface area contributed by atoms with Crippen molar-refractivity contribution in [3.8, 4) is 0 Å². The third kappa shape index (κ3) is 4.33. The van der Waals surface area contributed by atoms with E-state index in [4.69, 9.17) is 5.73 Å². The third-order valence-corrected chi connectivity index (χ3v) is 3.89. The fourth-order valence-electron chi connectivity index (χ4n) is 2.19. The lowest BCUT2D eigenvalue weighted by Crippen LogP contribution is -2.31. The van der Waals surface area contributed by atoms with Gasteiger partial charge in [0, 0.05) is 23.2 Å². The van der Waals surface area contributed by atoms with E-state index in [9.17, 15) is 4.79 Å². The molecule has 0 saturated carbocycles. The van der Waals surface area contributed by atoms with Gasteiger partial charge in [-0.1, -0.05) is 46.3 Å². The summed E-state index contributed by atoms with van der Waals surface area (Å²) >= 11 is 3.43. The molecule has 21 heavy (non-hydrogen) atoms. The molecule has 2 rings (SSSR count). The predicted molar refractivity (Wildman–Crippen MR) is 89.8 cm³/mol. The number of rotatable bonds is 5. The van der Waals surface area contributed by atoms with E-state index in [0.717, 1.165) is 21.3 Å². The van der Waals surface area contributed by atoms with Crippen LogP contribution in [0.4, 0.5) is 5.69 Å². The molecule has 1 amide bonds. The van der Waals surface area contributed by atoms with Crippen molar-refractivity contribution in [1.29, 1.82) is 0 Å². The van der Waals surface area contributed by atoms with E-state index in [1.165, 1.54) is 0 Å². The first-order chi connectivity index (χ1) is 10.1. The van der Waals surface area contributed by atoms with Gasteiger partial charge in [0.1, 0.15) is 0 Å². The van der Waals surface area contributed by atoms with Crippen LogP contribution in [-0.2, 0) is 17.8 Å². The highest BCUT2D eigenvalue weighted by molar-refractivity contribution is 9.10. The highest BCUT2D eigenvalue weighted by Gasteiger charge is 2.14. The normalized spacial score (nSPS) is 10.4. The number of likely N-dealkylation sites (N-methyl/N-ethyl adjacent to an activating group) is 1. The molecule has 0 saturated heterocycles. The highest BCUT2D eigenvalue weighted by atomic mass is 79.9. The van der Waals surface area contributed by atoms with Crippen LogP contribution in [0.5, 0.6) is 0 Å². The van der Waals surface area contributed by atoms with Gasteiger partial charge in [0.2, 0.25) is 5.91 Å². The maximum Gasteiger partial charge on any atom is 0.227 e. The molecule has 0 fully saturated rings. The molecule has 0 spiro atoms. The second-order valence-electron chi connectivity index (χ2n) is 4.91. The lowest BCUT2D eigenvalue weighted by atomic mass is 10.1. The van der Waals surface area contributed by atoms with Gasteiger partial charge in [0.15, 0.2) is 0 Å². The maximum absolute atomic E-state index is 12.4. The number of para-hydroxylation sites is 1. The van der Waals surface area contributed by atoms with Crippen LogP contribution in [0.15, 0.2) is 53.0 Å². The van der Waals surface area contributed by atoms with Crippen molar-refractivity contribution in [2.24, 2.45) is 0 Å². The molecule has 3 nitrogen and oxygen atoms in total. The Morgan fingerprint density at radius 3 is 2.62 bits per heavy atom. The first-order valence-electron chi connectivity index (χ1n) is 6.95. The average Bonchev–Trinajstić information content (AvgIpc) is 2.46. The van der Waals surface area contributed by atoms with Crippen molar-refractivity contribution in [2.75, 3.05) is 12.3 Å². The summed E-state index contributed by atoms with van der Waals surface area (Å²) in [7, 11) is 0. The van der Waals surface area contributed by atoms with Crippen LogP contribution in [0, 0.1) is 0 Å². The summed E-state index contributed by atoms with van der Waals surface area (Å²) in [6, 6.07) is 15.5. The van der Waals surface area contributed by atoms with Gasteiger partial charge in [-0.3, -0.25) is 4.79 Å². The Bertz CT molecular complexity index is 628. The Labute approximate surface area is 133 Å². The summed E-state index contributed by atoms with van der Waals surface area (Å²) in [6.07, 6.45) is 0.403. The molecule has 2 N–H and O–H groups in total. The van der Waals surface area contributed by atoms with Gasteiger partial charge in [-0.15, -0.1) is 0 Å². The van der Waals surface area contributed by atoms with Gasteiger partial charge < -0.3 is 10.6 Å². The van der Waals surface area contributed by atoms with Crippen molar-refractivity contribution >= 4 is 27.5 Å². The Balaban J connectivity index is 2.07. The number of amides is 1. The van der Waals surface area contributed by atoms with E-state index in [0.29, 0.717) is 19.5 Å². The minimum absolute atomic E-state index is 0.110. The summed E-state index contributed by atoms with van der Waals surface area (Å²) in [5.74, 6) is 0.110. The van der Waals surface area contributed by atoms with E-state index < -0.39 is 0 Å². The summed E-state index contributed by atoms with van der Waals surface area (Å²) in [5.41, 5.74) is 8.68. The molecule has 0 bridgehead atoms. The molecule has 0 atom stereocenters. The quantitative estimate of drug-likeness (QED) is 0.840. The monoisotopic (exact) mass is 346 g/mol. The maximum atomic E-state index is 12.4. The zero-order valence-corrected chi connectivity index (χ0v) is 13.6. The van der Waals surface area contributed by atoms with Crippen molar-refractivity contribution in [3.05, 3.63) is 64.1 Å². The molecule has 2 aromatic rings. The van der Waals surface area contributed by atoms with Crippen LogP contribution in [0.3, 0.4) is 0 Å². The number of hydrogen-bond donors (Lipinski definition) is 1. The lowest BCUT2D eigenvalue weighted by molar-refractivity contribution is -0.130. The molecule has 0 aliphatic rings. The van der Waals surface area contributed by atoms with Gasteiger partial charge in [-0.25, -0.2) is 0 Å². The molecule has 0 radical (unpaired) electrons. The SMILES string of the molecule is CCN(Cc1ccccc1N)C(=O)Cc1cccc(Br)c1. The molecule has 2 aromatic carbocycles. The van der Waals surface area contributed by atoms with Gasteiger partial charge in [0.25, 0.3) is 0 Å². The largest absolute Gasteiger partial charge is 0.398 e. The zero-order valence-electron chi connectivity index (χ0n) is 12.1. The number of nitrogen functional groups attached to an aromatic ring is 1. The number of hydrogen-bond acceptors (Lipinski definition) is 2.